The van der Waals surface area contributed by atoms with E-state index in [4.69, 9.17) is 0 Å². The summed E-state index contributed by atoms with van der Waals surface area (Å²) >= 11 is 1.43. The quantitative estimate of drug-likeness (QED) is 0.653. The molecule has 1 amide bonds. The maximum absolute atomic E-state index is 11.9. The van der Waals surface area contributed by atoms with Gasteiger partial charge in [-0.25, -0.2) is 4.98 Å². The average Bonchev–Trinajstić information content (AvgIpc) is 2.86. The zero-order chi connectivity index (χ0) is 13.9. The van der Waals surface area contributed by atoms with Gasteiger partial charge in [0.2, 0.25) is 5.91 Å². The number of carbonyl (C=O) groups excluding carboxylic acids is 1. The Hall–Kier alpha value is -1.27. The molecule has 3 aliphatic rings. The molecule has 1 atom stereocenters. The first-order chi connectivity index (χ1) is 9.70. The Labute approximate surface area is 123 Å². The van der Waals surface area contributed by atoms with Gasteiger partial charge in [0.05, 0.1) is 5.69 Å². The Bertz CT molecular complexity index is 505. The molecule has 20 heavy (non-hydrogen) atoms. The first-order valence-corrected chi connectivity index (χ1v) is 7.97. The first-order valence-electron chi connectivity index (χ1n) is 7.09. The Kier molecular flexibility index (Phi) is 4.12. The van der Waals surface area contributed by atoms with Gasteiger partial charge in [-0.1, -0.05) is 11.8 Å². The second-order valence-electron chi connectivity index (χ2n) is 5.52. The molecule has 0 spiro atoms. The molecule has 1 unspecified atom stereocenters. The third-order valence-electron chi connectivity index (χ3n) is 4.07. The largest absolute Gasteiger partial charge is 0.348 e. The number of fused-ring (bicyclic) bond motifs is 3. The van der Waals surface area contributed by atoms with Crippen molar-refractivity contribution < 1.29 is 4.79 Å². The second-order valence-corrected chi connectivity index (χ2v) is 6.42. The zero-order valence-electron chi connectivity index (χ0n) is 11.6. The fraction of sp³-hybridized carbons (Fsp3) is 0.571. The molecule has 6 heteroatoms. The summed E-state index contributed by atoms with van der Waals surface area (Å²) in [4.78, 5) is 21.7. The van der Waals surface area contributed by atoms with Gasteiger partial charge in [-0.2, -0.15) is 0 Å². The molecular formula is C14H20N4OS. The zero-order valence-corrected chi connectivity index (χ0v) is 12.4. The van der Waals surface area contributed by atoms with Gasteiger partial charge in [0, 0.05) is 24.9 Å². The smallest absolute Gasteiger partial charge is 0.244 e. The van der Waals surface area contributed by atoms with Crippen molar-refractivity contribution in [1.29, 1.82) is 0 Å². The molecule has 0 aromatic carbocycles. The monoisotopic (exact) mass is 292 g/mol. The van der Waals surface area contributed by atoms with Crippen molar-refractivity contribution in [3.05, 3.63) is 23.4 Å². The summed E-state index contributed by atoms with van der Waals surface area (Å²) < 4.78 is 0. The second kappa shape index (κ2) is 6.01. The van der Waals surface area contributed by atoms with Crippen molar-refractivity contribution in [1.82, 2.24) is 20.2 Å². The third kappa shape index (κ3) is 3.24. The van der Waals surface area contributed by atoms with E-state index in [1.807, 2.05) is 13.1 Å². The minimum atomic E-state index is -0.000437. The van der Waals surface area contributed by atoms with Crippen LogP contribution in [-0.2, 0) is 4.79 Å². The fourth-order valence-corrected chi connectivity index (χ4v) is 3.62. The van der Waals surface area contributed by atoms with Crippen molar-refractivity contribution in [2.24, 2.45) is 5.92 Å². The molecule has 3 saturated heterocycles. The van der Waals surface area contributed by atoms with Crippen LogP contribution in [0.4, 0.5) is 0 Å². The fourth-order valence-electron chi connectivity index (χ4n) is 2.97. The van der Waals surface area contributed by atoms with Crippen LogP contribution in [0, 0.1) is 12.8 Å². The number of H-pyrrole nitrogens is 1. The number of aryl methyl sites for hydroxylation is 1. The van der Waals surface area contributed by atoms with Gasteiger partial charge >= 0.3 is 0 Å². The van der Waals surface area contributed by atoms with E-state index in [0.29, 0.717) is 12.0 Å². The average molecular weight is 292 g/mol. The highest BCUT2D eigenvalue weighted by atomic mass is 32.2. The molecule has 4 rings (SSSR count). The minimum Gasteiger partial charge on any atom is -0.348 e. The van der Waals surface area contributed by atoms with Gasteiger partial charge in [-0.3, -0.25) is 4.79 Å². The number of hydrogen-bond donors (Lipinski definition) is 2. The number of hydrogen-bond acceptors (Lipinski definition) is 4. The SMILES string of the molecule is Cc1c[nH]c(S/C=C\C(=O)NC2CN3CCC2CC3)n1. The van der Waals surface area contributed by atoms with Crippen LogP contribution in [0.25, 0.3) is 0 Å². The van der Waals surface area contributed by atoms with E-state index < -0.39 is 0 Å². The number of imidazole rings is 1. The molecule has 5 nitrogen and oxygen atoms in total. The normalized spacial score (nSPS) is 28.9. The molecule has 2 bridgehead atoms. The van der Waals surface area contributed by atoms with Crippen LogP contribution in [0.1, 0.15) is 18.5 Å². The maximum atomic E-state index is 11.9. The van der Waals surface area contributed by atoms with E-state index >= 15 is 0 Å². The molecule has 1 aromatic rings. The summed E-state index contributed by atoms with van der Waals surface area (Å²) in [7, 11) is 0. The van der Waals surface area contributed by atoms with Crippen LogP contribution >= 0.6 is 11.8 Å². The Morgan fingerprint density at radius 3 is 2.95 bits per heavy atom. The number of nitrogens with zero attached hydrogens (tertiary/aromatic N) is 2. The molecule has 0 aliphatic carbocycles. The lowest BCUT2D eigenvalue weighted by Gasteiger charge is -2.44. The number of piperidine rings is 3. The number of aromatic amines is 1. The summed E-state index contributed by atoms with van der Waals surface area (Å²) in [6, 6.07) is 0.325. The van der Waals surface area contributed by atoms with E-state index in [1.165, 1.54) is 37.7 Å². The number of rotatable bonds is 4. The van der Waals surface area contributed by atoms with Gasteiger partial charge in [-0.15, -0.1) is 0 Å². The van der Waals surface area contributed by atoms with Crippen molar-refractivity contribution in [3.8, 4) is 0 Å². The molecule has 0 saturated carbocycles. The molecule has 108 valence electrons. The third-order valence-corrected chi connectivity index (χ3v) is 4.77. The lowest BCUT2D eigenvalue weighted by molar-refractivity contribution is -0.118. The van der Waals surface area contributed by atoms with Crippen LogP contribution in [0.2, 0.25) is 0 Å². The highest BCUT2D eigenvalue weighted by Crippen LogP contribution is 2.27. The van der Waals surface area contributed by atoms with Crippen molar-refractivity contribution in [2.75, 3.05) is 19.6 Å². The van der Waals surface area contributed by atoms with E-state index in [0.717, 1.165) is 17.4 Å². The first kappa shape index (κ1) is 13.7. The molecule has 4 heterocycles. The molecule has 3 fully saturated rings. The summed E-state index contributed by atoms with van der Waals surface area (Å²) in [5.41, 5.74) is 0.956. The highest BCUT2D eigenvalue weighted by molar-refractivity contribution is 8.02. The van der Waals surface area contributed by atoms with Crippen LogP contribution in [0.3, 0.4) is 0 Å². The Morgan fingerprint density at radius 1 is 1.55 bits per heavy atom. The number of amides is 1. The number of carbonyl (C=O) groups is 1. The maximum Gasteiger partial charge on any atom is 0.244 e. The van der Waals surface area contributed by atoms with E-state index in [-0.39, 0.29) is 5.91 Å². The van der Waals surface area contributed by atoms with E-state index in [1.54, 1.807) is 11.5 Å². The van der Waals surface area contributed by atoms with Crippen molar-refractivity contribution in [2.45, 2.75) is 31.0 Å². The number of thioether (sulfide) groups is 1. The lowest BCUT2D eigenvalue weighted by atomic mass is 9.84. The van der Waals surface area contributed by atoms with Crippen LogP contribution < -0.4 is 5.32 Å². The van der Waals surface area contributed by atoms with Crippen molar-refractivity contribution >= 4 is 17.7 Å². The van der Waals surface area contributed by atoms with Gasteiger partial charge < -0.3 is 15.2 Å². The molecule has 3 aliphatic heterocycles. The standard InChI is InChI=1S/C14H20N4OS/c1-10-8-15-14(16-10)20-7-4-13(19)17-12-9-18-5-2-11(12)3-6-18/h4,7-8,11-12H,2-3,5-6,9H2,1H3,(H,15,16)(H,17,19)/b7-4-. The minimum absolute atomic E-state index is 0.000437. The highest BCUT2D eigenvalue weighted by Gasteiger charge is 2.34. The summed E-state index contributed by atoms with van der Waals surface area (Å²) in [6.07, 6.45) is 5.88. The summed E-state index contributed by atoms with van der Waals surface area (Å²) in [5.74, 6) is 0.664. The van der Waals surface area contributed by atoms with Gasteiger partial charge in [0.25, 0.3) is 0 Å². The predicted molar refractivity (Wildman–Crippen MR) is 79.4 cm³/mol. The Balaban J connectivity index is 1.47. The van der Waals surface area contributed by atoms with E-state index in [2.05, 4.69) is 20.2 Å². The van der Waals surface area contributed by atoms with Crippen LogP contribution in [0.5, 0.6) is 0 Å². The van der Waals surface area contributed by atoms with Gasteiger partial charge in [0.1, 0.15) is 0 Å². The summed E-state index contributed by atoms with van der Waals surface area (Å²) in [5, 5.41) is 5.73. The summed E-state index contributed by atoms with van der Waals surface area (Å²) in [6.45, 7) is 5.33. The van der Waals surface area contributed by atoms with Crippen molar-refractivity contribution in [3.63, 3.8) is 0 Å². The van der Waals surface area contributed by atoms with Crippen LogP contribution in [-0.4, -0.2) is 46.5 Å². The lowest BCUT2D eigenvalue weighted by Crippen LogP contribution is -2.57. The predicted octanol–water partition coefficient (Wildman–Crippen LogP) is 1.53. The molecular weight excluding hydrogens is 272 g/mol. The van der Waals surface area contributed by atoms with Crippen LogP contribution in [0.15, 0.2) is 22.8 Å². The molecule has 2 N–H and O–H groups in total. The molecule has 1 aromatic heterocycles. The number of nitrogens with one attached hydrogen (secondary N) is 2. The van der Waals surface area contributed by atoms with Gasteiger partial charge in [-0.05, 0) is 44.2 Å². The van der Waals surface area contributed by atoms with E-state index in [9.17, 15) is 4.79 Å². The topological polar surface area (TPSA) is 61.0 Å². The Morgan fingerprint density at radius 2 is 2.35 bits per heavy atom. The molecule has 0 radical (unpaired) electrons. The van der Waals surface area contributed by atoms with Gasteiger partial charge in [0.15, 0.2) is 5.16 Å². The number of aromatic nitrogens is 2.